The molecule has 0 radical (unpaired) electrons. The van der Waals surface area contributed by atoms with Crippen LogP contribution in [0.4, 0.5) is 27.6 Å². The molecule has 8 heteroatoms. The molecule has 3 nitrogen and oxygen atoms in total. The molecule has 27 heavy (non-hydrogen) atoms. The first-order valence-corrected chi connectivity index (χ1v) is 8.25. The number of hydrogen-bond donors (Lipinski definition) is 1. The van der Waals surface area contributed by atoms with Gasteiger partial charge in [0.1, 0.15) is 17.1 Å². The first-order chi connectivity index (χ1) is 12.7. The molecule has 0 bridgehead atoms. The molecule has 0 spiro atoms. The number of aromatic hydroxyl groups is 1. The lowest BCUT2D eigenvalue weighted by molar-refractivity contribution is -0.140. The molecular weight excluding hydrogens is 367 g/mol. The Labute approximate surface area is 152 Å². The Morgan fingerprint density at radius 2 is 1.74 bits per heavy atom. The number of halogens is 5. The van der Waals surface area contributed by atoms with Gasteiger partial charge in [0.15, 0.2) is 5.82 Å². The fraction of sp³-hybridized carbons (Fsp3) is 0.316. The molecule has 1 N–H and O–H groups in total. The lowest BCUT2D eigenvalue weighted by atomic mass is 9.88. The summed E-state index contributed by atoms with van der Waals surface area (Å²) in [5.41, 5.74) is -2.12. The van der Waals surface area contributed by atoms with Crippen molar-refractivity contribution in [1.29, 1.82) is 5.26 Å². The predicted molar refractivity (Wildman–Crippen MR) is 88.4 cm³/mol. The number of phenols is 1. The average molecular weight is 382 g/mol. The zero-order valence-corrected chi connectivity index (χ0v) is 14.0. The van der Waals surface area contributed by atoms with Crippen LogP contribution in [-0.2, 0) is 6.18 Å². The highest BCUT2D eigenvalue weighted by Crippen LogP contribution is 2.39. The van der Waals surface area contributed by atoms with Crippen LogP contribution >= 0.6 is 0 Å². The van der Waals surface area contributed by atoms with Gasteiger partial charge in [0, 0.05) is 19.2 Å². The standard InChI is InChI=1S/C19H15F5N2O/c20-15-9-13(27)2-3-14(15)11-5-7-26(8-6-11)16-4-1-12(10-25)17(18(16)21)19(22,23)24/h1-4,9,11,27H,5-8H2. The van der Waals surface area contributed by atoms with Gasteiger partial charge >= 0.3 is 6.18 Å². The quantitative estimate of drug-likeness (QED) is 0.748. The van der Waals surface area contributed by atoms with Crippen molar-refractivity contribution in [3.8, 4) is 11.8 Å². The summed E-state index contributed by atoms with van der Waals surface area (Å²) in [5, 5.41) is 18.1. The molecule has 0 aliphatic carbocycles. The zero-order valence-electron chi connectivity index (χ0n) is 14.0. The summed E-state index contributed by atoms with van der Waals surface area (Å²) in [6, 6.07) is 7.38. The molecule has 0 amide bonds. The third-order valence-corrected chi connectivity index (χ3v) is 4.79. The molecule has 2 aromatic rings. The van der Waals surface area contributed by atoms with E-state index >= 15 is 0 Å². The van der Waals surface area contributed by atoms with Crippen molar-refractivity contribution in [3.63, 3.8) is 0 Å². The average Bonchev–Trinajstić information content (AvgIpc) is 2.60. The zero-order chi connectivity index (χ0) is 19.8. The lowest BCUT2D eigenvalue weighted by Gasteiger charge is -2.34. The van der Waals surface area contributed by atoms with Crippen molar-refractivity contribution in [2.75, 3.05) is 18.0 Å². The van der Waals surface area contributed by atoms with Crippen LogP contribution in [0.1, 0.15) is 35.4 Å². The fourth-order valence-electron chi connectivity index (χ4n) is 3.46. The summed E-state index contributed by atoms with van der Waals surface area (Å²) < 4.78 is 67.9. The van der Waals surface area contributed by atoms with Crippen LogP contribution < -0.4 is 4.90 Å². The van der Waals surface area contributed by atoms with Gasteiger partial charge in [0.25, 0.3) is 0 Å². The number of benzene rings is 2. The molecule has 1 fully saturated rings. The summed E-state index contributed by atoms with van der Waals surface area (Å²) in [6.07, 6.45) is -4.14. The summed E-state index contributed by atoms with van der Waals surface area (Å²) >= 11 is 0. The van der Waals surface area contributed by atoms with Gasteiger partial charge in [-0.25, -0.2) is 8.78 Å². The number of nitrogens with zero attached hydrogens (tertiary/aromatic N) is 2. The van der Waals surface area contributed by atoms with E-state index in [4.69, 9.17) is 5.26 Å². The van der Waals surface area contributed by atoms with Gasteiger partial charge in [-0.15, -0.1) is 0 Å². The highest BCUT2D eigenvalue weighted by Gasteiger charge is 2.39. The van der Waals surface area contributed by atoms with E-state index in [1.165, 1.54) is 29.2 Å². The topological polar surface area (TPSA) is 47.3 Å². The van der Waals surface area contributed by atoms with E-state index in [0.717, 1.165) is 12.1 Å². The maximum Gasteiger partial charge on any atom is 0.420 e. The summed E-state index contributed by atoms with van der Waals surface area (Å²) in [6.45, 7) is 0.482. The van der Waals surface area contributed by atoms with Gasteiger partial charge in [-0.05, 0) is 42.5 Å². The SMILES string of the molecule is N#Cc1ccc(N2CCC(c3ccc(O)cc3F)CC2)c(F)c1C(F)(F)F. The number of piperidine rings is 1. The van der Waals surface area contributed by atoms with E-state index in [9.17, 15) is 27.1 Å². The van der Waals surface area contributed by atoms with Crippen LogP contribution in [0, 0.1) is 23.0 Å². The minimum Gasteiger partial charge on any atom is -0.508 e. The number of hydrogen-bond acceptors (Lipinski definition) is 3. The molecule has 0 aromatic heterocycles. The van der Waals surface area contributed by atoms with Gasteiger partial charge < -0.3 is 10.0 Å². The Hall–Kier alpha value is -2.82. The first-order valence-electron chi connectivity index (χ1n) is 8.25. The molecule has 1 aliphatic heterocycles. The Bertz CT molecular complexity index is 896. The third-order valence-electron chi connectivity index (χ3n) is 4.79. The van der Waals surface area contributed by atoms with Crippen LogP contribution in [-0.4, -0.2) is 18.2 Å². The van der Waals surface area contributed by atoms with E-state index in [-0.39, 0.29) is 30.4 Å². The second-order valence-electron chi connectivity index (χ2n) is 6.40. The minimum absolute atomic E-state index is 0.176. The van der Waals surface area contributed by atoms with Crippen molar-refractivity contribution in [2.45, 2.75) is 24.9 Å². The Balaban J connectivity index is 1.83. The molecule has 0 atom stereocenters. The molecular formula is C19H15F5N2O. The maximum atomic E-state index is 14.5. The number of rotatable bonds is 2. The third kappa shape index (κ3) is 3.68. The lowest BCUT2D eigenvalue weighted by Crippen LogP contribution is -2.34. The summed E-state index contributed by atoms with van der Waals surface area (Å²) in [4.78, 5) is 1.47. The van der Waals surface area contributed by atoms with E-state index in [0.29, 0.717) is 18.4 Å². The number of anilines is 1. The Morgan fingerprint density at radius 3 is 2.30 bits per heavy atom. The molecule has 0 unspecified atom stereocenters. The number of nitriles is 1. The molecule has 0 saturated carbocycles. The van der Waals surface area contributed by atoms with Gasteiger partial charge in [-0.1, -0.05) is 6.07 Å². The molecule has 1 saturated heterocycles. The Kier molecular flexibility index (Phi) is 4.96. The highest BCUT2D eigenvalue weighted by atomic mass is 19.4. The largest absolute Gasteiger partial charge is 0.508 e. The van der Waals surface area contributed by atoms with Gasteiger partial charge in [-0.2, -0.15) is 18.4 Å². The van der Waals surface area contributed by atoms with E-state index < -0.39 is 28.9 Å². The van der Waals surface area contributed by atoms with E-state index in [1.54, 1.807) is 0 Å². The Morgan fingerprint density at radius 1 is 1.07 bits per heavy atom. The van der Waals surface area contributed by atoms with Crippen molar-refractivity contribution in [3.05, 3.63) is 58.7 Å². The van der Waals surface area contributed by atoms with E-state index in [2.05, 4.69) is 0 Å². The van der Waals surface area contributed by atoms with Crippen LogP contribution in [0.5, 0.6) is 5.75 Å². The van der Waals surface area contributed by atoms with Crippen LogP contribution in [0.25, 0.3) is 0 Å². The monoisotopic (exact) mass is 382 g/mol. The highest BCUT2D eigenvalue weighted by molar-refractivity contribution is 5.56. The van der Waals surface area contributed by atoms with Crippen molar-refractivity contribution in [1.82, 2.24) is 0 Å². The number of alkyl halides is 3. The molecule has 1 aliphatic rings. The van der Waals surface area contributed by atoms with Gasteiger partial charge in [-0.3, -0.25) is 0 Å². The van der Waals surface area contributed by atoms with Crippen LogP contribution in [0.3, 0.4) is 0 Å². The second kappa shape index (κ2) is 7.06. The second-order valence-corrected chi connectivity index (χ2v) is 6.40. The number of phenolic OH excluding ortho intramolecular Hbond substituents is 1. The summed E-state index contributed by atoms with van der Waals surface area (Å²) in [5.74, 6) is -2.37. The van der Waals surface area contributed by atoms with Crippen LogP contribution in [0.15, 0.2) is 30.3 Å². The van der Waals surface area contributed by atoms with Gasteiger partial charge in [0.05, 0.1) is 17.3 Å². The van der Waals surface area contributed by atoms with Crippen molar-refractivity contribution >= 4 is 5.69 Å². The molecule has 142 valence electrons. The molecule has 1 heterocycles. The van der Waals surface area contributed by atoms with Crippen LogP contribution in [0.2, 0.25) is 0 Å². The predicted octanol–water partition coefficient (Wildman–Crippen LogP) is 4.94. The maximum absolute atomic E-state index is 14.5. The normalized spacial score (nSPS) is 15.6. The van der Waals surface area contributed by atoms with Crippen molar-refractivity contribution < 1.29 is 27.1 Å². The first kappa shape index (κ1) is 19.0. The minimum atomic E-state index is -4.97. The molecule has 3 rings (SSSR count). The molecule has 2 aromatic carbocycles. The van der Waals surface area contributed by atoms with Gasteiger partial charge in [0.2, 0.25) is 0 Å². The smallest absolute Gasteiger partial charge is 0.420 e. The summed E-state index contributed by atoms with van der Waals surface area (Å²) in [7, 11) is 0. The fourth-order valence-corrected chi connectivity index (χ4v) is 3.46. The van der Waals surface area contributed by atoms with Crippen molar-refractivity contribution in [2.24, 2.45) is 0 Å². The van der Waals surface area contributed by atoms with E-state index in [1.807, 2.05) is 0 Å².